The number of pyridine rings is 1. The number of aryl methyl sites for hydroxylation is 1. The number of aromatic nitrogens is 1. The van der Waals surface area contributed by atoms with E-state index in [1.807, 2.05) is 0 Å². The minimum absolute atomic E-state index is 0.536. The molecule has 3 nitrogen and oxygen atoms in total. The first-order chi connectivity index (χ1) is 8.74. The fourth-order valence-electron chi connectivity index (χ4n) is 1.89. The lowest BCUT2D eigenvalue weighted by Crippen LogP contribution is -2.28. The van der Waals surface area contributed by atoms with E-state index in [9.17, 15) is 0 Å². The molecule has 0 amide bonds. The Bertz CT molecular complexity index is 358. The van der Waals surface area contributed by atoms with Crippen LogP contribution in [0.4, 0.5) is 5.82 Å². The molecule has 0 atom stereocenters. The molecule has 0 radical (unpaired) electrons. The van der Waals surface area contributed by atoms with Crippen molar-refractivity contribution in [3.63, 3.8) is 0 Å². The van der Waals surface area contributed by atoms with Crippen molar-refractivity contribution in [3.05, 3.63) is 23.4 Å². The molecule has 0 spiro atoms. The minimum atomic E-state index is 0.536. The Morgan fingerprint density at radius 2 is 2.11 bits per heavy atom. The van der Waals surface area contributed by atoms with Crippen LogP contribution in [0, 0.1) is 0 Å². The number of alkyl halides is 1. The summed E-state index contributed by atoms with van der Waals surface area (Å²) >= 11 is 5.95. The van der Waals surface area contributed by atoms with Crippen LogP contribution in [0.25, 0.3) is 0 Å². The van der Waals surface area contributed by atoms with E-state index in [1.165, 1.54) is 0 Å². The highest BCUT2D eigenvalue weighted by Gasteiger charge is 2.08. The van der Waals surface area contributed by atoms with Gasteiger partial charge in [-0.2, -0.15) is 0 Å². The highest BCUT2D eigenvalue weighted by molar-refractivity contribution is 6.17. The number of nitrogens with zero attached hydrogens (tertiary/aromatic N) is 2. The van der Waals surface area contributed by atoms with E-state index < -0.39 is 0 Å². The van der Waals surface area contributed by atoms with Gasteiger partial charge in [0.1, 0.15) is 5.82 Å². The highest BCUT2D eigenvalue weighted by Crippen LogP contribution is 2.17. The Morgan fingerprint density at radius 1 is 1.33 bits per heavy atom. The molecule has 0 aromatic carbocycles. The Hall–Kier alpha value is -0.800. The Labute approximate surface area is 115 Å². The van der Waals surface area contributed by atoms with Gasteiger partial charge < -0.3 is 9.64 Å². The van der Waals surface area contributed by atoms with Crippen LogP contribution < -0.4 is 4.90 Å². The smallest absolute Gasteiger partial charge is 0.129 e. The number of hydrogen-bond acceptors (Lipinski definition) is 3. The molecule has 1 rings (SSSR count). The second kappa shape index (κ2) is 8.33. The number of likely N-dealkylation sites (N-methyl/N-ethyl adjacent to an activating group) is 1. The molecule has 0 saturated heterocycles. The molecule has 0 aliphatic rings. The van der Waals surface area contributed by atoms with E-state index in [-0.39, 0.29) is 0 Å². The molecule has 0 aliphatic heterocycles. The lowest BCUT2D eigenvalue weighted by Gasteiger charge is -2.22. The van der Waals surface area contributed by atoms with Crippen LogP contribution >= 0.6 is 11.6 Å². The fraction of sp³-hybridized carbons (Fsp3) is 0.643. The zero-order chi connectivity index (χ0) is 13.4. The first-order valence-corrected chi connectivity index (χ1v) is 7.08. The van der Waals surface area contributed by atoms with Crippen molar-refractivity contribution in [2.24, 2.45) is 0 Å². The lowest BCUT2D eigenvalue weighted by atomic mass is 10.1. The van der Waals surface area contributed by atoms with E-state index >= 15 is 0 Å². The van der Waals surface area contributed by atoms with Crippen molar-refractivity contribution >= 4 is 17.4 Å². The van der Waals surface area contributed by atoms with Gasteiger partial charge in [0.05, 0.1) is 6.61 Å². The van der Waals surface area contributed by atoms with Crippen LogP contribution in [0.15, 0.2) is 12.1 Å². The predicted octanol–water partition coefficient (Wildman–Crippen LogP) is 3.25. The van der Waals surface area contributed by atoms with E-state index in [2.05, 4.69) is 30.9 Å². The second-order valence-electron chi connectivity index (χ2n) is 4.28. The molecule has 1 aromatic heterocycles. The highest BCUT2D eigenvalue weighted by atomic mass is 35.5. The molecule has 0 aliphatic carbocycles. The summed E-state index contributed by atoms with van der Waals surface area (Å²) < 4.78 is 5.13. The zero-order valence-corrected chi connectivity index (χ0v) is 12.3. The molecule has 0 unspecified atom stereocenters. The first-order valence-electron chi connectivity index (χ1n) is 6.54. The van der Waals surface area contributed by atoms with E-state index in [0.29, 0.717) is 12.5 Å². The fourth-order valence-corrected chi connectivity index (χ4v) is 2.05. The van der Waals surface area contributed by atoms with Gasteiger partial charge in [0.15, 0.2) is 0 Å². The number of hydrogen-bond donors (Lipinski definition) is 0. The van der Waals surface area contributed by atoms with Crippen LogP contribution in [0.2, 0.25) is 0 Å². The maximum Gasteiger partial charge on any atom is 0.129 e. The summed E-state index contributed by atoms with van der Waals surface area (Å²) in [7, 11) is 1.72. The van der Waals surface area contributed by atoms with Gasteiger partial charge in [-0.1, -0.05) is 13.3 Å². The number of anilines is 1. The summed E-state index contributed by atoms with van der Waals surface area (Å²) in [6.07, 6.45) is 2.10. The molecule has 0 N–H and O–H groups in total. The number of methoxy groups -OCH3 is 1. The van der Waals surface area contributed by atoms with E-state index in [0.717, 1.165) is 43.0 Å². The van der Waals surface area contributed by atoms with Crippen molar-refractivity contribution < 1.29 is 4.74 Å². The zero-order valence-electron chi connectivity index (χ0n) is 11.6. The largest absolute Gasteiger partial charge is 0.383 e. The predicted molar refractivity (Wildman–Crippen MR) is 77.6 cm³/mol. The topological polar surface area (TPSA) is 25.4 Å². The van der Waals surface area contributed by atoms with Crippen LogP contribution in [0.3, 0.4) is 0 Å². The van der Waals surface area contributed by atoms with Gasteiger partial charge >= 0.3 is 0 Å². The minimum Gasteiger partial charge on any atom is -0.383 e. The van der Waals surface area contributed by atoms with Crippen molar-refractivity contribution in [3.8, 4) is 0 Å². The van der Waals surface area contributed by atoms with Crippen molar-refractivity contribution in [2.75, 3.05) is 31.7 Å². The number of ether oxygens (including phenoxy) is 1. The summed E-state index contributed by atoms with van der Waals surface area (Å²) in [6.45, 7) is 6.79. The van der Waals surface area contributed by atoms with Gasteiger partial charge in [-0.25, -0.2) is 4.98 Å². The summed E-state index contributed by atoms with van der Waals surface area (Å²) in [5, 5.41) is 0. The van der Waals surface area contributed by atoms with Crippen LogP contribution in [0.1, 0.15) is 31.5 Å². The Balaban J connectivity index is 2.93. The van der Waals surface area contributed by atoms with Crippen molar-refractivity contribution in [1.29, 1.82) is 0 Å². The summed E-state index contributed by atoms with van der Waals surface area (Å²) in [5.41, 5.74) is 2.27. The summed E-state index contributed by atoms with van der Waals surface area (Å²) in [5.74, 6) is 1.55. The van der Waals surface area contributed by atoms with E-state index in [4.69, 9.17) is 21.3 Å². The molecule has 0 bridgehead atoms. The molecule has 102 valence electrons. The van der Waals surface area contributed by atoms with Gasteiger partial charge in [-0.05, 0) is 31.0 Å². The Kier molecular flexibility index (Phi) is 7.06. The lowest BCUT2D eigenvalue weighted by molar-refractivity contribution is 0.205. The third-order valence-corrected chi connectivity index (χ3v) is 3.16. The van der Waals surface area contributed by atoms with Crippen molar-refractivity contribution in [1.82, 2.24) is 4.98 Å². The Morgan fingerprint density at radius 3 is 2.67 bits per heavy atom. The molecule has 0 fully saturated rings. The third-order valence-electron chi connectivity index (χ3n) is 2.86. The average molecular weight is 271 g/mol. The maximum absolute atomic E-state index is 5.95. The molecular formula is C14H23ClN2O. The van der Waals surface area contributed by atoms with Gasteiger partial charge in [0.25, 0.3) is 0 Å². The van der Waals surface area contributed by atoms with Crippen molar-refractivity contribution in [2.45, 2.75) is 32.6 Å². The standard InChI is InChI=1S/C14H23ClN2O/c1-4-6-13-9-12(11-15)10-14(16-13)17(5-2)7-8-18-3/h9-10H,4-8,11H2,1-3H3. The number of halogens is 1. The average Bonchev–Trinajstić information content (AvgIpc) is 2.39. The molecule has 1 heterocycles. The van der Waals surface area contributed by atoms with Gasteiger partial charge in [0.2, 0.25) is 0 Å². The summed E-state index contributed by atoms with van der Waals surface area (Å²) in [6, 6.07) is 4.18. The quantitative estimate of drug-likeness (QED) is 0.678. The second-order valence-corrected chi connectivity index (χ2v) is 4.55. The SMILES string of the molecule is CCCc1cc(CCl)cc(N(CC)CCOC)n1. The molecular weight excluding hydrogens is 248 g/mol. The molecule has 18 heavy (non-hydrogen) atoms. The van der Waals surface area contributed by atoms with Gasteiger partial charge in [-0.3, -0.25) is 0 Å². The van der Waals surface area contributed by atoms with Crippen LogP contribution in [-0.4, -0.2) is 31.8 Å². The molecule has 1 aromatic rings. The summed E-state index contributed by atoms with van der Waals surface area (Å²) in [4.78, 5) is 6.93. The van der Waals surface area contributed by atoms with Crippen LogP contribution in [0.5, 0.6) is 0 Å². The van der Waals surface area contributed by atoms with Gasteiger partial charge in [-0.15, -0.1) is 11.6 Å². The van der Waals surface area contributed by atoms with Gasteiger partial charge in [0, 0.05) is 31.8 Å². The molecule has 4 heteroatoms. The maximum atomic E-state index is 5.95. The van der Waals surface area contributed by atoms with Crippen LogP contribution in [-0.2, 0) is 17.0 Å². The normalized spacial score (nSPS) is 10.7. The third kappa shape index (κ3) is 4.46. The monoisotopic (exact) mass is 270 g/mol. The first kappa shape index (κ1) is 15.3. The van der Waals surface area contributed by atoms with E-state index in [1.54, 1.807) is 7.11 Å². The molecule has 0 saturated carbocycles. The number of rotatable bonds is 8.